The first-order valence-corrected chi connectivity index (χ1v) is 7.36. The van der Waals surface area contributed by atoms with Crippen LogP contribution in [0.1, 0.15) is 26.0 Å². The molecular weight excluding hydrogens is 260 g/mol. The predicted octanol–water partition coefficient (Wildman–Crippen LogP) is 4.14. The van der Waals surface area contributed by atoms with E-state index in [4.69, 9.17) is 4.98 Å². The lowest BCUT2D eigenvalue weighted by Gasteiger charge is -2.13. The van der Waals surface area contributed by atoms with Gasteiger partial charge in [0.1, 0.15) is 11.5 Å². The van der Waals surface area contributed by atoms with Gasteiger partial charge in [-0.1, -0.05) is 37.3 Å². The average molecular weight is 280 g/mol. The van der Waals surface area contributed by atoms with E-state index in [-0.39, 0.29) is 0 Å². The number of anilines is 1. The monoisotopic (exact) mass is 280 g/mol. The summed E-state index contributed by atoms with van der Waals surface area (Å²) in [5.74, 6) is 1.65. The summed E-state index contributed by atoms with van der Waals surface area (Å²) in [6.07, 6.45) is 1.05. The summed E-state index contributed by atoms with van der Waals surface area (Å²) in [5, 5.41) is 4.54. The maximum atomic E-state index is 4.73. The highest BCUT2D eigenvalue weighted by Crippen LogP contribution is 2.26. The zero-order valence-electron chi connectivity index (χ0n) is 12.6. The number of fused-ring (bicyclic) bond motifs is 1. The molecule has 4 heteroatoms. The molecule has 21 heavy (non-hydrogen) atoms. The van der Waals surface area contributed by atoms with Gasteiger partial charge in [0.2, 0.25) is 0 Å². The second-order valence-electron chi connectivity index (χ2n) is 5.43. The first-order valence-electron chi connectivity index (χ1n) is 7.36. The van der Waals surface area contributed by atoms with Gasteiger partial charge in [0.25, 0.3) is 0 Å². The van der Waals surface area contributed by atoms with Gasteiger partial charge in [0.05, 0.1) is 5.39 Å². The third-order valence-corrected chi connectivity index (χ3v) is 3.65. The Morgan fingerprint density at radius 3 is 2.67 bits per heavy atom. The lowest BCUT2D eigenvalue weighted by atomic mass is 10.2. The Bertz CT molecular complexity index is 746. The van der Waals surface area contributed by atoms with Crippen molar-refractivity contribution in [2.45, 2.75) is 33.2 Å². The van der Waals surface area contributed by atoms with Crippen LogP contribution in [0.3, 0.4) is 0 Å². The minimum absolute atomic E-state index is 0.377. The topological polar surface area (TPSA) is 53.6 Å². The molecule has 0 aliphatic carbocycles. The molecule has 0 radical (unpaired) electrons. The van der Waals surface area contributed by atoms with Gasteiger partial charge in [-0.05, 0) is 26.3 Å². The lowest BCUT2D eigenvalue weighted by Crippen LogP contribution is -2.15. The van der Waals surface area contributed by atoms with Crippen molar-refractivity contribution in [3.63, 3.8) is 0 Å². The molecule has 0 aliphatic heterocycles. The summed E-state index contributed by atoms with van der Waals surface area (Å²) in [4.78, 5) is 12.7. The van der Waals surface area contributed by atoms with Crippen LogP contribution in [0.2, 0.25) is 0 Å². The number of benzene rings is 1. The van der Waals surface area contributed by atoms with E-state index in [9.17, 15) is 0 Å². The second kappa shape index (κ2) is 5.56. The zero-order valence-corrected chi connectivity index (χ0v) is 12.6. The van der Waals surface area contributed by atoms with Gasteiger partial charge in [-0.2, -0.15) is 0 Å². The third-order valence-electron chi connectivity index (χ3n) is 3.65. The van der Waals surface area contributed by atoms with Crippen molar-refractivity contribution >= 4 is 16.9 Å². The number of aromatic amines is 1. The maximum absolute atomic E-state index is 4.73. The van der Waals surface area contributed by atoms with Crippen molar-refractivity contribution in [2.24, 2.45) is 0 Å². The van der Waals surface area contributed by atoms with Gasteiger partial charge in [0.15, 0.2) is 5.82 Å². The van der Waals surface area contributed by atoms with E-state index in [2.05, 4.69) is 35.2 Å². The largest absolute Gasteiger partial charge is 0.367 e. The predicted molar refractivity (Wildman–Crippen MR) is 87.4 cm³/mol. The van der Waals surface area contributed by atoms with Crippen molar-refractivity contribution < 1.29 is 0 Å². The molecule has 108 valence electrons. The molecule has 0 fully saturated rings. The Morgan fingerprint density at radius 1 is 1.19 bits per heavy atom. The molecule has 2 aromatic heterocycles. The van der Waals surface area contributed by atoms with Crippen molar-refractivity contribution in [3.8, 4) is 11.4 Å². The smallest absolute Gasteiger partial charge is 0.163 e. The Labute approximate surface area is 124 Å². The fourth-order valence-corrected chi connectivity index (χ4v) is 2.30. The van der Waals surface area contributed by atoms with Crippen LogP contribution in [0.25, 0.3) is 22.4 Å². The minimum atomic E-state index is 0.377. The SMILES string of the molecule is CCC(C)Nc1nc(-c2ccccc2)nc2[nH]c(C)cc12. The van der Waals surface area contributed by atoms with Crippen LogP contribution < -0.4 is 5.32 Å². The van der Waals surface area contributed by atoms with Gasteiger partial charge in [-0.3, -0.25) is 0 Å². The molecule has 3 rings (SSSR count). The number of aromatic nitrogens is 3. The molecule has 1 unspecified atom stereocenters. The van der Waals surface area contributed by atoms with E-state index in [0.717, 1.165) is 40.4 Å². The molecule has 0 saturated carbocycles. The average Bonchev–Trinajstić information content (AvgIpc) is 2.88. The van der Waals surface area contributed by atoms with Crippen molar-refractivity contribution in [3.05, 3.63) is 42.1 Å². The maximum Gasteiger partial charge on any atom is 0.163 e. The summed E-state index contributed by atoms with van der Waals surface area (Å²) in [6, 6.07) is 12.5. The minimum Gasteiger partial charge on any atom is -0.367 e. The van der Waals surface area contributed by atoms with E-state index in [1.165, 1.54) is 0 Å². The normalized spacial score (nSPS) is 12.5. The van der Waals surface area contributed by atoms with Crippen LogP contribution in [-0.2, 0) is 0 Å². The van der Waals surface area contributed by atoms with Crippen molar-refractivity contribution in [1.29, 1.82) is 0 Å². The fraction of sp³-hybridized carbons (Fsp3) is 0.294. The van der Waals surface area contributed by atoms with Gasteiger partial charge < -0.3 is 10.3 Å². The van der Waals surface area contributed by atoms with Crippen LogP contribution in [0.5, 0.6) is 0 Å². The molecule has 1 aromatic carbocycles. The lowest BCUT2D eigenvalue weighted by molar-refractivity contribution is 0.760. The highest BCUT2D eigenvalue weighted by Gasteiger charge is 2.12. The first kappa shape index (κ1) is 13.6. The molecule has 2 N–H and O–H groups in total. The summed E-state index contributed by atoms with van der Waals surface area (Å²) in [6.45, 7) is 6.36. The van der Waals surface area contributed by atoms with E-state index < -0.39 is 0 Å². The number of nitrogens with one attached hydrogen (secondary N) is 2. The van der Waals surface area contributed by atoms with Crippen LogP contribution in [0.4, 0.5) is 5.82 Å². The van der Waals surface area contributed by atoms with Crippen molar-refractivity contribution in [2.75, 3.05) is 5.32 Å². The number of nitrogens with zero attached hydrogens (tertiary/aromatic N) is 2. The van der Waals surface area contributed by atoms with Crippen molar-refractivity contribution in [1.82, 2.24) is 15.0 Å². The number of aryl methyl sites for hydroxylation is 1. The molecule has 3 aromatic rings. The van der Waals surface area contributed by atoms with Gasteiger partial charge in [0, 0.05) is 17.3 Å². The number of H-pyrrole nitrogens is 1. The van der Waals surface area contributed by atoms with E-state index in [1.807, 2.05) is 37.3 Å². The van der Waals surface area contributed by atoms with Gasteiger partial charge >= 0.3 is 0 Å². The molecule has 0 saturated heterocycles. The Morgan fingerprint density at radius 2 is 1.95 bits per heavy atom. The molecule has 4 nitrogen and oxygen atoms in total. The zero-order chi connectivity index (χ0) is 14.8. The van der Waals surface area contributed by atoms with Crippen LogP contribution in [-0.4, -0.2) is 21.0 Å². The van der Waals surface area contributed by atoms with Crippen LogP contribution in [0, 0.1) is 6.92 Å². The quantitative estimate of drug-likeness (QED) is 0.755. The molecule has 0 bridgehead atoms. The highest BCUT2D eigenvalue weighted by atomic mass is 15.1. The van der Waals surface area contributed by atoms with Gasteiger partial charge in [-0.25, -0.2) is 9.97 Å². The number of hydrogen-bond acceptors (Lipinski definition) is 3. The summed E-state index contributed by atoms with van der Waals surface area (Å²) in [5.41, 5.74) is 3.00. The summed E-state index contributed by atoms with van der Waals surface area (Å²) < 4.78 is 0. The molecule has 2 heterocycles. The Hall–Kier alpha value is -2.36. The standard InChI is InChI=1S/C17H20N4/c1-4-11(2)18-16-14-10-12(3)19-17(14)21-15(20-16)13-8-6-5-7-9-13/h5-11H,4H2,1-3H3,(H2,18,19,20,21). The number of rotatable bonds is 4. The highest BCUT2D eigenvalue weighted by molar-refractivity contribution is 5.89. The first-order chi connectivity index (χ1) is 10.2. The number of hydrogen-bond donors (Lipinski definition) is 2. The van der Waals surface area contributed by atoms with E-state index >= 15 is 0 Å². The van der Waals surface area contributed by atoms with E-state index in [1.54, 1.807) is 0 Å². The molecule has 0 spiro atoms. The molecule has 0 amide bonds. The van der Waals surface area contributed by atoms with Crippen LogP contribution >= 0.6 is 0 Å². The summed E-state index contributed by atoms with van der Waals surface area (Å²) >= 11 is 0. The van der Waals surface area contributed by atoms with Crippen LogP contribution in [0.15, 0.2) is 36.4 Å². The fourth-order valence-electron chi connectivity index (χ4n) is 2.30. The second-order valence-corrected chi connectivity index (χ2v) is 5.43. The van der Waals surface area contributed by atoms with E-state index in [0.29, 0.717) is 6.04 Å². The summed E-state index contributed by atoms with van der Waals surface area (Å²) in [7, 11) is 0. The Balaban J connectivity index is 2.14. The van der Waals surface area contributed by atoms with Gasteiger partial charge in [-0.15, -0.1) is 0 Å². The molecular formula is C17H20N4. The third kappa shape index (κ3) is 2.75. The Kier molecular flexibility index (Phi) is 3.60. The molecule has 0 aliphatic rings. The molecule has 1 atom stereocenters.